The third kappa shape index (κ3) is 4.30. The van der Waals surface area contributed by atoms with Gasteiger partial charge in [0, 0.05) is 18.0 Å². The summed E-state index contributed by atoms with van der Waals surface area (Å²) in [6, 6.07) is 1.15. The Hall–Kier alpha value is -1.36. The molecule has 26 heavy (non-hydrogen) atoms. The molecule has 0 aromatic carbocycles. The first-order valence-electron chi connectivity index (χ1n) is 7.75. The first-order chi connectivity index (χ1) is 11.7. The molecule has 1 fully saturated rings. The topological polar surface area (TPSA) is 84.5 Å². The van der Waals surface area contributed by atoms with E-state index >= 15 is 0 Å². The number of thiophene rings is 1. The van der Waals surface area contributed by atoms with Gasteiger partial charge in [0.25, 0.3) is 0 Å². The van der Waals surface area contributed by atoms with Gasteiger partial charge in [0.1, 0.15) is 10.6 Å². The highest BCUT2D eigenvalue weighted by Crippen LogP contribution is 2.37. The highest BCUT2D eigenvalue weighted by molar-refractivity contribution is 7.18. The lowest BCUT2D eigenvalue weighted by Crippen LogP contribution is -2.38. The fourth-order valence-electron chi connectivity index (χ4n) is 3.19. The Morgan fingerprint density at radius 2 is 2.08 bits per heavy atom. The number of methoxy groups -OCH3 is 1. The summed E-state index contributed by atoms with van der Waals surface area (Å²) in [6.07, 6.45) is -4.88. The van der Waals surface area contributed by atoms with Crippen LogP contribution >= 0.6 is 23.7 Å². The zero-order valence-corrected chi connectivity index (χ0v) is 15.8. The number of hydrogen-bond donors (Lipinski definition) is 2. The molecular weight excluding hydrogens is 393 g/mol. The number of nitrogens with zero attached hydrogens (tertiary/aromatic N) is 3. The van der Waals surface area contributed by atoms with Crippen LogP contribution in [-0.2, 0) is 6.42 Å². The third-order valence-corrected chi connectivity index (χ3v) is 5.35. The van der Waals surface area contributed by atoms with Gasteiger partial charge in [-0.1, -0.05) is 0 Å². The Morgan fingerprint density at radius 1 is 1.38 bits per heavy atom. The van der Waals surface area contributed by atoms with E-state index in [-0.39, 0.29) is 35.4 Å². The average Bonchev–Trinajstić information content (AvgIpc) is 3.05. The zero-order chi connectivity index (χ0) is 18.4. The Bertz CT molecular complexity index is 773. The molecular formula is C15H20ClF3N4O2S. The molecule has 0 radical (unpaired) electrons. The molecule has 1 aliphatic rings. The van der Waals surface area contributed by atoms with Crippen molar-refractivity contribution in [1.29, 1.82) is 0 Å². The number of hydrogen-bond acceptors (Lipinski definition) is 7. The molecule has 0 aliphatic heterocycles. The van der Waals surface area contributed by atoms with E-state index in [9.17, 15) is 18.3 Å². The number of alkyl halides is 3. The number of rotatable bonds is 4. The van der Waals surface area contributed by atoms with Crippen LogP contribution in [0.4, 0.5) is 19.0 Å². The molecule has 3 rings (SSSR count). The summed E-state index contributed by atoms with van der Waals surface area (Å²) in [7, 11) is 3.14. The molecule has 1 aliphatic carbocycles. The Balaban J connectivity index is 0.00000243. The van der Waals surface area contributed by atoms with E-state index in [0.29, 0.717) is 28.9 Å². The van der Waals surface area contributed by atoms with E-state index in [0.717, 1.165) is 11.3 Å². The molecule has 146 valence electrons. The smallest absolute Gasteiger partial charge is 0.393 e. The van der Waals surface area contributed by atoms with Crippen LogP contribution in [0.3, 0.4) is 0 Å². The van der Waals surface area contributed by atoms with Crippen molar-refractivity contribution >= 4 is 39.8 Å². The number of fused-ring (bicyclic) bond motifs is 1. The third-order valence-electron chi connectivity index (χ3n) is 4.32. The molecule has 11 heteroatoms. The summed E-state index contributed by atoms with van der Waals surface area (Å²) in [5.74, 6) is 0.435. The van der Waals surface area contributed by atoms with Gasteiger partial charge in [-0.25, -0.2) is 0 Å². The van der Waals surface area contributed by atoms with Crippen LogP contribution in [0.1, 0.15) is 17.7 Å². The van der Waals surface area contributed by atoms with Crippen molar-refractivity contribution < 1.29 is 23.0 Å². The van der Waals surface area contributed by atoms with Gasteiger partial charge in [0.15, 0.2) is 0 Å². The van der Waals surface area contributed by atoms with E-state index in [4.69, 9.17) is 10.5 Å². The molecule has 6 nitrogen and oxygen atoms in total. The Labute approximate surface area is 158 Å². The standard InChI is InChI=1S/C15H19F3N4O2S.ClH/c1-22(10-3-7(19)4-11(10)23)12-9-5-8(6-15(16,17)18)25-13(9)21-14(20-12)24-2;/h5,7,10-11,23H,3-4,6,19H2,1-2H3;1H/t7-,10+,11-;/m1./s1. The van der Waals surface area contributed by atoms with Gasteiger partial charge in [-0.3, -0.25) is 0 Å². The molecule has 2 heterocycles. The molecule has 0 spiro atoms. The van der Waals surface area contributed by atoms with Crippen LogP contribution < -0.4 is 15.4 Å². The second kappa shape index (κ2) is 7.71. The lowest BCUT2D eigenvalue weighted by Gasteiger charge is -2.28. The highest BCUT2D eigenvalue weighted by Gasteiger charge is 2.35. The molecule has 0 amide bonds. The van der Waals surface area contributed by atoms with Crippen LogP contribution in [0.2, 0.25) is 0 Å². The normalized spacial score (nSPS) is 23.1. The SMILES string of the molecule is COc1nc(N(C)[C@H]2C[C@@H](N)C[C@H]2O)c2cc(CC(F)(F)F)sc2n1.Cl. The molecule has 3 N–H and O–H groups in total. The second-order valence-electron chi connectivity index (χ2n) is 6.23. The van der Waals surface area contributed by atoms with Crippen molar-refractivity contribution in [1.82, 2.24) is 9.97 Å². The summed E-state index contributed by atoms with van der Waals surface area (Å²) in [5, 5.41) is 10.7. The molecule has 1 saturated carbocycles. The lowest BCUT2D eigenvalue weighted by molar-refractivity contribution is -0.126. The second-order valence-corrected chi connectivity index (χ2v) is 7.35. The van der Waals surface area contributed by atoms with Crippen molar-refractivity contribution in [3.8, 4) is 6.01 Å². The Morgan fingerprint density at radius 3 is 2.62 bits per heavy atom. The highest BCUT2D eigenvalue weighted by atomic mass is 35.5. The maximum Gasteiger partial charge on any atom is 0.393 e. The van der Waals surface area contributed by atoms with Crippen molar-refractivity contribution in [2.24, 2.45) is 5.73 Å². The van der Waals surface area contributed by atoms with E-state index in [1.807, 2.05) is 0 Å². The number of aliphatic hydroxyl groups is 1. The molecule has 2 aromatic heterocycles. The first-order valence-corrected chi connectivity index (χ1v) is 8.57. The summed E-state index contributed by atoms with van der Waals surface area (Å²) in [5.41, 5.74) is 5.91. The fourth-order valence-corrected chi connectivity index (χ4v) is 4.23. The minimum absolute atomic E-state index is 0. The lowest BCUT2D eigenvalue weighted by atomic mass is 10.1. The van der Waals surface area contributed by atoms with Crippen LogP contribution in [0.5, 0.6) is 6.01 Å². The number of nitrogens with two attached hydrogens (primary N) is 1. The largest absolute Gasteiger partial charge is 0.467 e. The van der Waals surface area contributed by atoms with Crippen LogP contribution in [0.25, 0.3) is 10.2 Å². The average molecular weight is 413 g/mol. The van der Waals surface area contributed by atoms with Crippen molar-refractivity contribution in [2.45, 2.75) is 43.6 Å². The predicted octanol–water partition coefficient (Wildman–Crippen LogP) is 2.51. The van der Waals surface area contributed by atoms with Crippen LogP contribution in [0.15, 0.2) is 6.07 Å². The van der Waals surface area contributed by atoms with E-state index in [1.165, 1.54) is 13.2 Å². The summed E-state index contributed by atoms with van der Waals surface area (Å²) >= 11 is 0.964. The number of halogens is 4. The number of likely N-dealkylation sites (N-methyl/N-ethyl adjacent to an activating group) is 1. The number of ether oxygens (including phenoxy) is 1. The van der Waals surface area contributed by atoms with Gasteiger partial charge in [0.05, 0.1) is 31.1 Å². The van der Waals surface area contributed by atoms with Gasteiger partial charge in [-0.05, 0) is 18.9 Å². The number of anilines is 1. The van der Waals surface area contributed by atoms with E-state index in [2.05, 4.69) is 9.97 Å². The first kappa shape index (κ1) is 20.9. The predicted molar refractivity (Wildman–Crippen MR) is 96.4 cm³/mol. The molecule has 0 saturated heterocycles. The quantitative estimate of drug-likeness (QED) is 0.802. The van der Waals surface area contributed by atoms with Crippen LogP contribution in [-0.4, -0.2) is 53.6 Å². The van der Waals surface area contributed by atoms with Gasteiger partial charge in [-0.2, -0.15) is 23.1 Å². The molecule has 0 unspecified atom stereocenters. The van der Waals surface area contributed by atoms with Crippen molar-refractivity contribution in [3.05, 3.63) is 10.9 Å². The zero-order valence-electron chi connectivity index (χ0n) is 14.2. The molecule has 0 bridgehead atoms. The fraction of sp³-hybridized carbons (Fsp3) is 0.600. The van der Waals surface area contributed by atoms with Crippen molar-refractivity contribution in [2.75, 3.05) is 19.1 Å². The maximum atomic E-state index is 12.7. The molecule has 3 atom stereocenters. The summed E-state index contributed by atoms with van der Waals surface area (Å²) < 4.78 is 43.2. The van der Waals surface area contributed by atoms with Gasteiger partial charge < -0.3 is 20.5 Å². The van der Waals surface area contributed by atoms with Gasteiger partial charge in [0.2, 0.25) is 0 Å². The minimum atomic E-state index is -4.29. The number of aromatic nitrogens is 2. The summed E-state index contributed by atoms with van der Waals surface area (Å²) in [4.78, 5) is 10.8. The van der Waals surface area contributed by atoms with Crippen LogP contribution in [0, 0.1) is 0 Å². The Kier molecular flexibility index (Phi) is 6.21. The monoisotopic (exact) mass is 412 g/mol. The molecule has 2 aromatic rings. The number of aliphatic hydroxyl groups excluding tert-OH is 1. The minimum Gasteiger partial charge on any atom is -0.467 e. The van der Waals surface area contributed by atoms with Gasteiger partial charge >= 0.3 is 12.2 Å². The summed E-state index contributed by atoms with van der Waals surface area (Å²) in [6.45, 7) is 0. The maximum absolute atomic E-state index is 12.7. The van der Waals surface area contributed by atoms with Crippen molar-refractivity contribution in [3.63, 3.8) is 0 Å². The van der Waals surface area contributed by atoms with E-state index < -0.39 is 18.7 Å². The van der Waals surface area contributed by atoms with Gasteiger partial charge in [-0.15, -0.1) is 23.7 Å². The van der Waals surface area contributed by atoms with E-state index in [1.54, 1.807) is 11.9 Å².